The lowest BCUT2D eigenvalue weighted by molar-refractivity contribution is 0.244. The van der Waals surface area contributed by atoms with Crippen molar-refractivity contribution in [3.63, 3.8) is 0 Å². The van der Waals surface area contributed by atoms with Crippen molar-refractivity contribution in [2.45, 2.75) is 25.9 Å². The van der Waals surface area contributed by atoms with Gasteiger partial charge in [-0.1, -0.05) is 103 Å². The minimum absolute atomic E-state index is 0.508. The van der Waals surface area contributed by atoms with Crippen LogP contribution in [0.4, 0.5) is 0 Å². The van der Waals surface area contributed by atoms with E-state index in [-0.39, 0.29) is 0 Å². The lowest BCUT2D eigenvalue weighted by atomic mass is 9.90. The molecule has 1 heterocycles. The summed E-state index contributed by atoms with van der Waals surface area (Å²) in [4.78, 5) is 4.54. The number of nitrogens with zero attached hydrogens (tertiary/aromatic N) is 1. The molecule has 0 fully saturated rings. The van der Waals surface area contributed by atoms with Gasteiger partial charge in [0.2, 0.25) is 0 Å². The van der Waals surface area contributed by atoms with E-state index in [1.54, 1.807) is 25.4 Å². The second-order valence-corrected chi connectivity index (χ2v) is 7.89. The van der Waals surface area contributed by atoms with E-state index in [4.69, 9.17) is 5.73 Å². The summed E-state index contributed by atoms with van der Waals surface area (Å²) in [5, 5.41) is 9.66. The lowest BCUT2D eigenvalue weighted by Gasteiger charge is -2.15. The molecule has 0 bridgehead atoms. The van der Waals surface area contributed by atoms with Crippen molar-refractivity contribution in [2.24, 2.45) is 5.73 Å². The normalized spacial score (nSPS) is 13.8. The average Bonchev–Trinajstić information content (AvgIpc) is 2.87. The van der Waals surface area contributed by atoms with Gasteiger partial charge in [0.05, 0.1) is 11.8 Å². The van der Waals surface area contributed by atoms with Crippen LogP contribution < -0.4 is 5.73 Å². The van der Waals surface area contributed by atoms with E-state index in [1.165, 1.54) is 5.56 Å². The molecule has 2 aromatic carbocycles. The number of aromatic nitrogens is 1. The molecular formula is C31H32N2O. The van der Waals surface area contributed by atoms with E-state index in [9.17, 15) is 5.11 Å². The number of nitrogens with two attached hydrogens (primary N) is 1. The van der Waals surface area contributed by atoms with Gasteiger partial charge in [-0.15, -0.1) is 0 Å². The van der Waals surface area contributed by atoms with Crippen molar-refractivity contribution >= 4 is 11.6 Å². The number of benzene rings is 2. The molecule has 0 radical (unpaired) electrons. The molecule has 3 rings (SSSR count). The predicted molar refractivity (Wildman–Crippen MR) is 145 cm³/mol. The maximum Gasteiger partial charge on any atom is 0.0708 e. The molecule has 34 heavy (non-hydrogen) atoms. The monoisotopic (exact) mass is 448 g/mol. The third kappa shape index (κ3) is 7.58. The van der Waals surface area contributed by atoms with Gasteiger partial charge in [-0.05, 0) is 48.6 Å². The fourth-order valence-electron chi connectivity index (χ4n) is 3.62. The van der Waals surface area contributed by atoms with Crippen LogP contribution >= 0.6 is 0 Å². The van der Waals surface area contributed by atoms with E-state index in [1.807, 2.05) is 60.7 Å². The predicted octanol–water partition coefficient (Wildman–Crippen LogP) is 6.96. The quantitative estimate of drug-likeness (QED) is 0.330. The number of pyridine rings is 1. The highest BCUT2D eigenvalue weighted by atomic mass is 16.3. The SMILES string of the molecule is CC(O)\C=C/C=C(CC/C=C\C=Cc1ccccc1)/C(=C\N)c1ccccc1-c1ccccn1. The molecule has 1 unspecified atom stereocenters. The molecule has 0 aliphatic carbocycles. The Morgan fingerprint density at radius 3 is 2.44 bits per heavy atom. The Morgan fingerprint density at radius 2 is 1.71 bits per heavy atom. The Kier molecular flexibility index (Phi) is 9.85. The van der Waals surface area contributed by atoms with Gasteiger partial charge in [-0.25, -0.2) is 0 Å². The third-order valence-corrected chi connectivity index (χ3v) is 5.27. The lowest BCUT2D eigenvalue weighted by Crippen LogP contribution is -1.98. The Hall–Kier alpha value is -3.95. The van der Waals surface area contributed by atoms with Crippen molar-refractivity contribution in [1.29, 1.82) is 0 Å². The summed E-state index contributed by atoms with van der Waals surface area (Å²) in [5.74, 6) is 0. The molecule has 0 spiro atoms. The maximum absolute atomic E-state index is 9.66. The Morgan fingerprint density at radius 1 is 0.941 bits per heavy atom. The number of allylic oxidation sites excluding steroid dienone is 7. The summed E-state index contributed by atoms with van der Waals surface area (Å²) in [7, 11) is 0. The molecule has 3 aromatic rings. The second-order valence-electron chi connectivity index (χ2n) is 7.89. The van der Waals surface area contributed by atoms with Gasteiger partial charge >= 0.3 is 0 Å². The zero-order chi connectivity index (χ0) is 24.0. The van der Waals surface area contributed by atoms with Crippen LogP contribution in [0.15, 0.2) is 127 Å². The summed E-state index contributed by atoms with van der Waals surface area (Å²) in [6.45, 7) is 1.74. The topological polar surface area (TPSA) is 59.1 Å². The largest absolute Gasteiger partial charge is 0.404 e. The number of hydrogen-bond acceptors (Lipinski definition) is 3. The highest BCUT2D eigenvalue weighted by molar-refractivity contribution is 5.87. The molecule has 3 heteroatoms. The van der Waals surface area contributed by atoms with Gasteiger partial charge in [-0.3, -0.25) is 4.98 Å². The van der Waals surface area contributed by atoms with Gasteiger partial charge in [0.25, 0.3) is 0 Å². The van der Waals surface area contributed by atoms with Crippen LogP contribution in [0.3, 0.4) is 0 Å². The van der Waals surface area contributed by atoms with Crippen LogP contribution in [0, 0.1) is 0 Å². The highest BCUT2D eigenvalue weighted by Gasteiger charge is 2.13. The van der Waals surface area contributed by atoms with Gasteiger partial charge in [0.15, 0.2) is 0 Å². The standard InChI is InChI=1S/C31H32N2O/c1-25(34)14-13-19-27(18-8-3-2-5-15-26-16-6-4-7-17-26)30(24-32)28-20-9-10-21-29(28)31-22-11-12-23-33-31/h2-7,9-17,19-25,34H,8,18,32H2,1H3/b3-2-,14-13-,15-5?,27-19+,30-24+. The molecule has 0 saturated carbocycles. The first kappa shape index (κ1) is 24.7. The van der Waals surface area contributed by atoms with Gasteiger partial charge in [0.1, 0.15) is 0 Å². The van der Waals surface area contributed by atoms with E-state index < -0.39 is 6.10 Å². The van der Waals surface area contributed by atoms with Crippen LogP contribution in [0.2, 0.25) is 0 Å². The Labute approximate surface area is 203 Å². The van der Waals surface area contributed by atoms with Crippen molar-refractivity contribution < 1.29 is 5.11 Å². The minimum Gasteiger partial charge on any atom is -0.404 e. The fraction of sp³-hybridized carbons (Fsp3) is 0.129. The highest BCUT2D eigenvalue weighted by Crippen LogP contribution is 2.33. The zero-order valence-electron chi connectivity index (χ0n) is 19.6. The molecule has 3 N–H and O–H groups in total. The number of aliphatic hydroxyl groups excluding tert-OH is 1. The maximum atomic E-state index is 9.66. The first-order chi connectivity index (χ1) is 16.7. The summed E-state index contributed by atoms with van der Waals surface area (Å²) < 4.78 is 0. The fourth-order valence-corrected chi connectivity index (χ4v) is 3.62. The Balaban J connectivity index is 1.82. The molecule has 0 aliphatic rings. The molecule has 0 aliphatic heterocycles. The molecule has 0 saturated heterocycles. The van der Waals surface area contributed by atoms with E-state index in [2.05, 4.69) is 53.6 Å². The van der Waals surface area contributed by atoms with Crippen molar-refractivity contribution in [3.8, 4) is 11.3 Å². The van der Waals surface area contributed by atoms with Crippen molar-refractivity contribution in [2.75, 3.05) is 0 Å². The van der Waals surface area contributed by atoms with Crippen LogP contribution in [0.1, 0.15) is 30.9 Å². The minimum atomic E-state index is -0.508. The number of hydrogen-bond donors (Lipinski definition) is 2. The molecule has 1 aromatic heterocycles. The van der Waals surface area contributed by atoms with Crippen molar-refractivity contribution in [1.82, 2.24) is 4.98 Å². The summed E-state index contributed by atoms with van der Waals surface area (Å²) >= 11 is 0. The molecular weight excluding hydrogens is 416 g/mol. The average molecular weight is 449 g/mol. The van der Waals surface area contributed by atoms with Gasteiger partial charge in [0, 0.05) is 23.5 Å². The van der Waals surface area contributed by atoms with Crippen LogP contribution in [-0.2, 0) is 0 Å². The van der Waals surface area contributed by atoms with E-state index in [0.717, 1.165) is 40.8 Å². The number of rotatable bonds is 10. The van der Waals surface area contributed by atoms with Gasteiger partial charge < -0.3 is 10.8 Å². The molecule has 0 amide bonds. The van der Waals surface area contributed by atoms with Crippen molar-refractivity contribution in [3.05, 3.63) is 138 Å². The van der Waals surface area contributed by atoms with Crippen LogP contribution in [-0.4, -0.2) is 16.2 Å². The zero-order valence-corrected chi connectivity index (χ0v) is 19.6. The third-order valence-electron chi connectivity index (χ3n) is 5.27. The van der Waals surface area contributed by atoms with E-state index in [0.29, 0.717) is 0 Å². The summed E-state index contributed by atoms with van der Waals surface area (Å²) in [6, 6.07) is 24.3. The molecule has 172 valence electrons. The van der Waals surface area contributed by atoms with E-state index >= 15 is 0 Å². The smallest absolute Gasteiger partial charge is 0.0708 e. The number of aliphatic hydroxyl groups is 1. The first-order valence-corrected chi connectivity index (χ1v) is 11.6. The van der Waals surface area contributed by atoms with Crippen LogP contribution in [0.5, 0.6) is 0 Å². The second kappa shape index (κ2) is 13.6. The summed E-state index contributed by atoms with van der Waals surface area (Å²) in [5.41, 5.74) is 12.4. The summed E-state index contributed by atoms with van der Waals surface area (Å²) in [6.07, 6.45) is 18.7. The van der Waals surface area contributed by atoms with Gasteiger partial charge in [-0.2, -0.15) is 0 Å². The Bertz CT molecular complexity index is 1170. The first-order valence-electron chi connectivity index (χ1n) is 11.6. The molecule has 3 nitrogen and oxygen atoms in total. The van der Waals surface area contributed by atoms with Crippen LogP contribution in [0.25, 0.3) is 22.9 Å². The molecule has 1 atom stereocenters.